The van der Waals surface area contributed by atoms with E-state index in [0.717, 1.165) is 16.5 Å². The number of carboxylic acids is 1. The van der Waals surface area contributed by atoms with Gasteiger partial charge in [0.2, 0.25) is 0 Å². The molecular weight excluding hydrogens is 312 g/mol. The first-order valence-corrected chi connectivity index (χ1v) is 7.01. The van der Waals surface area contributed by atoms with Crippen molar-refractivity contribution in [2.45, 2.75) is 32.1 Å². The number of hydrogen-bond donors (Lipinski definition) is 1. The molecule has 1 aliphatic rings. The van der Waals surface area contributed by atoms with Gasteiger partial charge in [0.1, 0.15) is 0 Å². The van der Waals surface area contributed by atoms with Gasteiger partial charge in [0.05, 0.1) is 19.6 Å². The minimum Gasteiger partial charge on any atom is -0.490 e. The van der Waals surface area contributed by atoms with Crippen LogP contribution in [0, 0.1) is 0 Å². The Labute approximate surface area is 120 Å². The largest absolute Gasteiger partial charge is 0.490 e. The van der Waals surface area contributed by atoms with Crippen molar-refractivity contribution in [1.29, 1.82) is 0 Å². The summed E-state index contributed by atoms with van der Waals surface area (Å²) in [6.45, 7) is 5.07. The second-order valence-electron chi connectivity index (χ2n) is 5.28. The number of fused-ring (bicyclic) bond motifs is 1. The van der Waals surface area contributed by atoms with Gasteiger partial charge in [0, 0.05) is 16.3 Å². The van der Waals surface area contributed by atoms with E-state index < -0.39 is 11.4 Å². The van der Waals surface area contributed by atoms with Crippen molar-refractivity contribution in [1.82, 2.24) is 0 Å². The molecule has 4 nitrogen and oxygen atoms in total. The summed E-state index contributed by atoms with van der Waals surface area (Å²) >= 11 is 3.50. The van der Waals surface area contributed by atoms with Gasteiger partial charge in [0.15, 0.2) is 11.5 Å². The summed E-state index contributed by atoms with van der Waals surface area (Å²) in [5.74, 6) is 0.581. The van der Waals surface area contributed by atoms with Crippen LogP contribution in [0.15, 0.2) is 16.6 Å². The van der Waals surface area contributed by atoms with Gasteiger partial charge < -0.3 is 14.6 Å². The number of aliphatic carboxylic acids is 1. The highest BCUT2D eigenvalue weighted by Crippen LogP contribution is 2.41. The second-order valence-corrected chi connectivity index (χ2v) is 6.14. The predicted octanol–water partition coefficient (Wildman–Crippen LogP) is 3.36. The van der Waals surface area contributed by atoms with Gasteiger partial charge in [0.25, 0.3) is 0 Å². The Morgan fingerprint density at radius 1 is 1.32 bits per heavy atom. The molecule has 1 N–H and O–H groups in total. The third kappa shape index (κ3) is 3.21. The van der Waals surface area contributed by atoms with Crippen LogP contribution in [0.1, 0.15) is 32.3 Å². The molecule has 0 radical (unpaired) electrons. The Morgan fingerprint density at radius 2 is 1.89 bits per heavy atom. The first-order valence-electron chi connectivity index (χ1n) is 6.21. The Bertz CT molecular complexity index is 496. The van der Waals surface area contributed by atoms with Crippen LogP contribution in [0.4, 0.5) is 0 Å². The van der Waals surface area contributed by atoms with Gasteiger partial charge >= 0.3 is 5.97 Å². The number of benzene rings is 1. The van der Waals surface area contributed by atoms with Crippen molar-refractivity contribution < 1.29 is 19.4 Å². The van der Waals surface area contributed by atoms with Crippen molar-refractivity contribution in [3.63, 3.8) is 0 Å². The lowest BCUT2D eigenvalue weighted by atomic mass is 9.81. The van der Waals surface area contributed by atoms with Gasteiger partial charge in [-0.2, -0.15) is 0 Å². The zero-order valence-corrected chi connectivity index (χ0v) is 12.6. The Kier molecular flexibility index (Phi) is 4.04. The van der Waals surface area contributed by atoms with E-state index in [1.807, 2.05) is 26.0 Å². The summed E-state index contributed by atoms with van der Waals surface area (Å²) < 4.78 is 12.1. The van der Waals surface area contributed by atoms with Gasteiger partial charge in [-0.3, -0.25) is 4.79 Å². The highest BCUT2D eigenvalue weighted by Gasteiger charge is 2.28. The quantitative estimate of drug-likeness (QED) is 0.924. The summed E-state index contributed by atoms with van der Waals surface area (Å²) in [7, 11) is 0. The second kappa shape index (κ2) is 5.41. The molecule has 19 heavy (non-hydrogen) atoms. The normalized spacial score (nSPS) is 14.9. The maximum absolute atomic E-state index is 11.0. The molecule has 0 fully saturated rings. The summed E-state index contributed by atoms with van der Waals surface area (Å²) in [5, 5.41) is 9.01. The SMILES string of the molecule is CC(C)(CC(=O)O)c1cc2c(cc1Br)OCCCO2. The average Bonchev–Trinajstić information content (AvgIpc) is 2.50. The van der Waals surface area contributed by atoms with E-state index >= 15 is 0 Å². The molecular formula is C14H17BrO4. The molecule has 2 rings (SSSR count). The van der Waals surface area contributed by atoms with Gasteiger partial charge in [-0.05, 0) is 17.7 Å². The van der Waals surface area contributed by atoms with E-state index in [1.165, 1.54) is 0 Å². The smallest absolute Gasteiger partial charge is 0.304 e. The molecule has 0 atom stereocenters. The lowest BCUT2D eigenvalue weighted by molar-refractivity contribution is -0.138. The van der Waals surface area contributed by atoms with E-state index in [9.17, 15) is 4.79 Å². The van der Waals surface area contributed by atoms with Crippen LogP contribution in [0.2, 0.25) is 0 Å². The molecule has 0 bridgehead atoms. The number of carbonyl (C=O) groups is 1. The molecule has 1 aromatic rings. The molecule has 0 amide bonds. The molecule has 104 valence electrons. The standard InChI is InChI=1S/C14H17BrO4/c1-14(2,8-13(16)17)9-6-11-12(7-10(9)15)19-5-3-4-18-11/h6-7H,3-5,8H2,1-2H3,(H,16,17). The van der Waals surface area contributed by atoms with E-state index in [0.29, 0.717) is 24.7 Å². The van der Waals surface area contributed by atoms with Crippen LogP contribution in [0.5, 0.6) is 11.5 Å². The zero-order valence-electron chi connectivity index (χ0n) is 11.0. The fourth-order valence-corrected chi connectivity index (χ4v) is 3.03. The van der Waals surface area contributed by atoms with Gasteiger partial charge in [-0.1, -0.05) is 29.8 Å². The monoisotopic (exact) mass is 328 g/mol. The van der Waals surface area contributed by atoms with Crippen molar-refractivity contribution in [2.24, 2.45) is 0 Å². The Balaban J connectivity index is 2.41. The van der Waals surface area contributed by atoms with Crippen molar-refractivity contribution in [3.05, 3.63) is 22.2 Å². The van der Waals surface area contributed by atoms with E-state index in [2.05, 4.69) is 15.9 Å². The van der Waals surface area contributed by atoms with Crippen LogP contribution in [-0.4, -0.2) is 24.3 Å². The molecule has 1 aliphatic heterocycles. The molecule has 0 aromatic heterocycles. The van der Waals surface area contributed by atoms with Crippen molar-refractivity contribution in [2.75, 3.05) is 13.2 Å². The summed E-state index contributed by atoms with van der Waals surface area (Å²) in [5.41, 5.74) is 0.439. The highest BCUT2D eigenvalue weighted by atomic mass is 79.9. The van der Waals surface area contributed by atoms with Crippen LogP contribution >= 0.6 is 15.9 Å². The third-order valence-corrected chi connectivity index (χ3v) is 3.82. The maximum Gasteiger partial charge on any atom is 0.304 e. The minimum absolute atomic E-state index is 0.0608. The molecule has 0 saturated carbocycles. The Hall–Kier alpha value is -1.23. The molecule has 0 saturated heterocycles. The molecule has 5 heteroatoms. The Morgan fingerprint density at radius 3 is 2.47 bits per heavy atom. The third-order valence-electron chi connectivity index (χ3n) is 3.16. The van der Waals surface area contributed by atoms with Crippen LogP contribution < -0.4 is 9.47 Å². The summed E-state index contributed by atoms with van der Waals surface area (Å²) in [4.78, 5) is 11.0. The minimum atomic E-state index is -0.816. The number of rotatable bonds is 3. The first-order chi connectivity index (χ1) is 8.90. The lowest BCUT2D eigenvalue weighted by Crippen LogP contribution is -2.22. The van der Waals surface area contributed by atoms with Gasteiger partial charge in [-0.15, -0.1) is 0 Å². The average molecular weight is 329 g/mol. The number of ether oxygens (including phenoxy) is 2. The van der Waals surface area contributed by atoms with Crippen LogP contribution in [0.25, 0.3) is 0 Å². The van der Waals surface area contributed by atoms with Gasteiger partial charge in [-0.25, -0.2) is 0 Å². The number of hydrogen-bond acceptors (Lipinski definition) is 3. The van der Waals surface area contributed by atoms with Crippen molar-refractivity contribution in [3.8, 4) is 11.5 Å². The van der Waals surface area contributed by atoms with E-state index in [-0.39, 0.29) is 6.42 Å². The molecule has 0 aliphatic carbocycles. The zero-order chi connectivity index (χ0) is 14.0. The van der Waals surface area contributed by atoms with E-state index in [1.54, 1.807) is 0 Å². The molecule has 1 heterocycles. The maximum atomic E-state index is 11.0. The fourth-order valence-electron chi connectivity index (χ4n) is 2.18. The lowest BCUT2D eigenvalue weighted by Gasteiger charge is -2.25. The van der Waals surface area contributed by atoms with Crippen molar-refractivity contribution >= 4 is 21.9 Å². The van der Waals surface area contributed by atoms with Crippen LogP contribution in [0.3, 0.4) is 0 Å². The fraction of sp³-hybridized carbons (Fsp3) is 0.500. The molecule has 1 aromatic carbocycles. The molecule has 0 spiro atoms. The van der Waals surface area contributed by atoms with Crippen LogP contribution in [-0.2, 0) is 10.2 Å². The number of carboxylic acid groups (broad SMARTS) is 1. The topological polar surface area (TPSA) is 55.8 Å². The summed E-state index contributed by atoms with van der Waals surface area (Å²) in [6.07, 6.45) is 0.908. The highest BCUT2D eigenvalue weighted by molar-refractivity contribution is 9.10. The van der Waals surface area contributed by atoms with E-state index in [4.69, 9.17) is 14.6 Å². The summed E-state index contributed by atoms with van der Waals surface area (Å²) in [6, 6.07) is 3.74. The molecule has 0 unspecified atom stereocenters. The number of halogens is 1. The predicted molar refractivity (Wildman–Crippen MR) is 75.0 cm³/mol. The first kappa shape index (κ1) is 14.2.